The lowest BCUT2D eigenvalue weighted by Gasteiger charge is -2.49. The molecule has 18 atom stereocenters. The van der Waals surface area contributed by atoms with Gasteiger partial charge in [-0.25, -0.2) is 0 Å². The normalized spacial score (nSPS) is 47.5. The van der Waals surface area contributed by atoms with Gasteiger partial charge in [0, 0.05) is 50.3 Å². The zero-order chi connectivity index (χ0) is 41.8. The maximum absolute atomic E-state index is 14.2. The molecule has 55 heavy (non-hydrogen) atoms. The van der Waals surface area contributed by atoms with Gasteiger partial charge in [-0.2, -0.15) is 0 Å². The molecule has 3 saturated heterocycles. The lowest BCUT2D eigenvalue weighted by Crippen LogP contribution is -2.61. The Morgan fingerprint density at radius 1 is 0.982 bits per heavy atom. The zero-order valence-corrected chi connectivity index (χ0v) is 34.9. The molecule has 0 aromatic carbocycles. The molecule has 0 bridgehead atoms. The molecule has 0 saturated carbocycles. The topological polar surface area (TPSA) is 209 Å². The second-order valence-electron chi connectivity index (χ2n) is 17.1. The van der Waals surface area contributed by atoms with Crippen molar-refractivity contribution in [2.24, 2.45) is 28.8 Å². The van der Waals surface area contributed by atoms with Crippen molar-refractivity contribution in [2.45, 2.75) is 186 Å². The first-order chi connectivity index (χ1) is 25.5. The Hall–Kier alpha value is -1.94. The number of methoxy groups -OCH3 is 1. The van der Waals surface area contributed by atoms with Crippen molar-refractivity contribution in [2.75, 3.05) is 20.7 Å². The number of aliphatic hydroxyl groups is 5. The van der Waals surface area contributed by atoms with Gasteiger partial charge < -0.3 is 59.2 Å². The fourth-order valence-electron chi connectivity index (χ4n) is 8.94. The fraction of sp³-hybridized carbons (Fsp3) is 0.900. The van der Waals surface area contributed by atoms with Crippen LogP contribution in [0, 0.1) is 36.0 Å². The number of cyclic esters (lactones) is 1. The van der Waals surface area contributed by atoms with E-state index in [0.29, 0.717) is 19.4 Å². The molecule has 0 spiro atoms. The van der Waals surface area contributed by atoms with Gasteiger partial charge in [0.25, 0.3) is 0 Å². The van der Waals surface area contributed by atoms with E-state index in [0.717, 1.165) is 0 Å². The van der Waals surface area contributed by atoms with Gasteiger partial charge in [0.15, 0.2) is 12.6 Å². The molecule has 0 aromatic rings. The summed E-state index contributed by atoms with van der Waals surface area (Å²) < 4.78 is 37.4. The summed E-state index contributed by atoms with van der Waals surface area (Å²) in [5.74, 6) is -1.71. The monoisotopic (exact) mass is 786 g/mol. The molecule has 318 valence electrons. The first-order valence-corrected chi connectivity index (χ1v) is 19.7. The Morgan fingerprint density at radius 3 is 2.18 bits per heavy atom. The SMILES string of the molecule is C#CCCN(C)[C@H]1C[C@@H](C)OC(O[C@@H]2[C@@H](C)[C@H](O[C@H]3C[C@@](C)(OC)[C@@H](O)[C@H](C)O3)[C@@H](C)C(=O)O[C@H](CC)[C@@](C)(O)[C@H](O)[C@@H](C)/C(=N/O)[C@H](C)C[C@@]2(C)O)[C@@H]1O. The Labute approximate surface area is 327 Å². The predicted octanol–water partition coefficient (Wildman–Crippen LogP) is 2.44. The average Bonchev–Trinajstić information content (AvgIpc) is 3.12. The van der Waals surface area contributed by atoms with E-state index in [1.54, 1.807) is 55.4 Å². The minimum atomic E-state index is -1.98. The van der Waals surface area contributed by atoms with Crippen LogP contribution in [0.2, 0.25) is 0 Å². The van der Waals surface area contributed by atoms with Crippen LogP contribution < -0.4 is 0 Å². The van der Waals surface area contributed by atoms with E-state index in [1.165, 1.54) is 14.0 Å². The Balaban J connectivity index is 2.21. The van der Waals surface area contributed by atoms with Crippen LogP contribution in [-0.2, 0) is 33.2 Å². The van der Waals surface area contributed by atoms with Crippen LogP contribution in [0.15, 0.2) is 5.16 Å². The maximum atomic E-state index is 14.2. The highest BCUT2D eigenvalue weighted by Crippen LogP contribution is 2.41. The van der Waals surface area contributed by atoms with E-state index in [4.69, 9.17) is 34.8 Å². The van der Waals surface area contributed by atoms with Crippen LogP contribution in [0.1, 0.15) is 101 Å². The largest absolute Gasteiger partial charge is 0.459 e. The van der Waals surface area contributed by atoms with Crippen LogP contribution in [0.5, 0.6) is 0 Å². The smallest absolute Gasteiger partial charge is 0.311 e. The molecule has 3 heterocycles. The molecule has 0 radical (unpaired) electrons. The second-order valence-corrected chi connectivity index (χ2v) is 17.1. The molecule has 1 unspecified atom stereocenters. The van der Waals surface area contributed by atoms with Crippen molar-refractivity contribution in [3.63, 3.8) is 0 Å². The molecule has 0 amide bonds. The van der Waals surface area contributed by atoms with E-state index < -0.39 is 108 Å². The van der Waals surface area contributed by atoms with Crippen molar-refractivity contribution < 1.29 is 64.0 Å². The van der Waals surface area contributed by atoms with Gasteiger partial charge in [-0.3, -0.25) is 9.69 Å². The first-order valence-electron chi connectivity index (χ1n) is 19.7. The summed E-state index contributed by atoms with van der Waals surface area (Å²) in [6.45, 7) is 17.1. The number of nitrogens with zero attached hydrogens (tertiary/aromatic N) is 2. The molecular formula is C40H70N2O13. The van der Waals surface area contributed by atoms with Crippen LogP contribution in [0.4, 0.5) is 0 Å². The highest BCUT2D eigenvalue weighted by atomic mass is 16.7. The standard InChI is InChI=1S/C40H70N2O13/c1-14-16-17-42(12)27-18-22(4)51-37(31(27)43)55-35-24(6)32(54-29-20-39(10,50-13)34(45)26(8)52-29)25(7)36(46)53-28(15-2)40(11,48)33(44)23(5)30(41-49)21(3)19-38(35,9)47/h1,21-29,31-35,37,43-45,47-49H,15-20H2,2-13H3/b41-30+/t21-,22-,23+,24+,25-,26+,27+,28-,29+,31-,32+,33-,34+,35-,37?,38-,39-,40-/m1/s1. The quantitative estimate of drug-likeness (QED) is 0.0859. The molecule has 3 aliphatic rings. The molecule has 6 N–H and O–H groups in total. The fourth-order valence-corrected chi connectivity index (χ4v) is 8.94. The number of ether oxygens (including phenoxy) is 6. The summed E-state index contributed by atoms with van der Waals surface area (Å²) in [5, 5.41) is 72.3. The van der Waals surface area contributed by atoms with Crippen molar-refractivity contribution in [3.05, 3.63) is 0 Å². The second kappa shape index (κ2) is 19.2. The summed E-state index contributed by atoms with van der Waals surface area (Å²) in [6.07, 6.45) is -3.89. The Kier molecular flexibility index (Phi) is 16.6. The van der Waals surface area contributed by atoms with Gasteiger partial charge >= 0.3 is 5.97 Å². The van der Waals surface area contributed by atoms with Crippen LogP contribution >= 0.6 is 0 Å². The Morgan fingerprint density at radius 2 is 1.62 bits per heavy atom. The maximum Gasteiger partial charge on any atom is 0.311 e. The molecule has 3 rings (SSSR count). The van der Waals surface area contributed by atoms with E-state index >= 15 is 0 Å². The highest BCUT2D eigenvalue weighted by Gasteiger charge is 2.53. The number of hydrogen-bond acceptors (Lipinski definition) is 15. The van der Waals surface area contributed by atoms with Crippen LogP contribution in [-0.4, -0.2) is 152 Å². The summed E-state index contributed by atoms with van der Waals surface area (Å²) in [7, 11) is 3.34. The number of oxime groups is 1. The number of likely N-dealkylation sites (N-methyl/N-ethyl adjacent to an activating group) is 1. The molecular weight excluding hydrogens is 716 g/mol. The number of carbonyl (C=O) groups excluding carboxylic acids is 1. The van der Waals surface area contributed by atoms with Crippen molar-refractivity contribution in [3.8, 4) is 12.3 Å². The van der Waals surface area contributed by atoms with Gasteiger partial charge in [0.1, 0.15) is 23.9 Å². The lowest BCUT2D eigenvalue weighted by molar-refractivity contribution is -0.318. The van der Waals surface area contributed by atoms with Crippen molar-refractivity contribution in [1.29, 1.82) is 0 Å². The zero-order valence-electron chi connectivity index (χ0n) is 34.9. The summed E-state index contributed by atoms with van der Waals surface area (Å²) >= 11 is 0. The molecule has 0 aliphatic carbocycles. The van der Waals surface area contributed by atoms with Crippen molar-refractivity contribution in [1.82, 2.24) is 4.90 Å². The lowest BCUT2D eigenvalue weighted by atomic mass is 9.73. The number of terminal acetylenes is 1. The first kappa shape index (κ1) is 47.4. The van der Waals surface area contributed by atoms with E-state index in [1.807, 2.05) is 18.9 Å². The molecule has 15 nitrogen and oxygen atoms in total. The van der Waals surface area contributed by atoms with E-state index in [2.05, 4.69) is 11.1 Å². The van der Waals surface area contributed by atoms with Crippen LogP contribution in [0.3, 0.4) is 0 Å². The van der Waals surface area contributed by atoms with Gasteiger partial charge in [0.05, 0.1) is 53.4 Å². The third-order valence-electron chi connectivity index (χ3n) is 12.5. The summed E-state index contributed by atoms with van der Waals surface area (Å²) in [4.78, 5) is 16.2. The van der Waals surface area contributed by atoms with Gasteiger partial charge in [0.2, 0.25) is 0 Å². The molecule has 3 aliphatic heterocycles. The number of esters is 1. The third-order valence-corrected chi connectivity index (χ3v) is 12.5. The van der Waals surface area contributed by atoms with E-state index in [9.17, 15) is 35.5 Å². The number of aliphatic hydroxyl groups excluding tert-OH is 3. The highest BCUT2D eigenvalue weighted by molar-refractivity contribution is 5.88. The summed E-state index contributed by atoms with van der Waals surface area (Å²) in [5.41, 5.74) is -4.75. The third kappa shape index (κ3) is 10.6. The predicted molar refractivity (Wildman–Crippen MR) is 203 cm³/mol. The van der Waals surface area contributed by atoms with Gasteiger partial charge in [-0.1, -0.05) is 32.9 Å². The minimum absolute atomic E-state index is 0.0826. The number of carbonyl (C=O) groups is 1. The summed E-state index contributed by atoms with van der Waals surface area (Å²) in [6, 6.07) is -0.398. The molecule has 0 aromatic heterocycles. The molecule has 3 fully saturated rings. The molecule has 15 heteroatoms. The number of rotatable bonds is 9. The minimum Gasteiger partial charge on any atom is -0.459 e. The average molecular weight is 787 g/mol. The van der Waals surface area contributed by atoms with Gasteiger partial charge in [-0.15, -0.1) is 12.3 Å². The van der Waals surface area contributed by atoms with Crippen molar-refractivity contribution >= 4 is 11.7 Å². The van der Waals surface area contributed by atoms with E-state index in [-0.39, 0.29) is 31.1 Å². The van der Waals surface area contributed by atoms with Crippen LogP contribution in [0.25, 0.3) is 0 Å². The number of hydrogen-bond donors (Lipinski definition) is 6. The Bertz CT molecular complexity index is 1320. The van der Waals surface area contributed by atoms with Gasteiger partial charge in [-0.05, 0) is 67.9 Å².